The zero-order chi connectivity index (χ0) is 20.2. The van der Waals surface area contributed by atoms with Gasteiger partial charge in [-0.15, -0.1) is 0 Å². The number of carbonyl (C=O) groups excluding carboxylic acids is 2. The smallest absolute Gasteiger partial charge is 0.357 e. The van der Waals surface area contributed by atoms with Crippen LogP contribution in [0.3, 0.4) is 0 Å². The van der Waals surface area contributed by atoms with Gasteiger partial charge in [0.15, 0.2) is 11.5 Å². The maximum absolute atomic E-state index is 13.6. The Morgan fingerprint density at radius 1 is 0.828 bits per heavy atom. The first-order chi connectivity index (χ1) is 14.2. The summed E-state index contributed by atoms with van der Waals surface area (Å²) >= 11 is 0. The van der Waals surface area contributed by atoms with Crippen LogP contribution in [-0.2, 0) is 4.74 Å². The van der Waals surface area contributed by atoms with E-state index in [1.165, 1.54) is 0 Å². The third-order valence-corrected chi connectivity index (χ3v) is 4.69. The number of carbonyl (C=O) groups is 2. The molecular formula is C25H19NO3. The molecule has 0 N–H and O–H groups in total. The molecule has 0 saturated carbocycles. The molecule has 1 aromatic heterocycles. The van der Waals surface area contributed by atoms with Crippen molar-refractivity contribution in [3.05, 3.63) is 102 Å². The molecule has 142 valence electrons. The highest BCUT2D eigenvalue weighted by Crippen LogP contribution is 2.34. The van der Waals surface area contributed by atoms with E-state index in [0.29, 0.717) is 16.6 Å². The fraction of sp³-hybridized carbons (Fsp3) is 0.0800. The van der Waals surface area contributed by atoms with Crippen molar-refractivity contribution in [2.45, 2.75) is 6.92 Å². The van der Waals surface area contributed by atoms with Gasteiger partial charge in [-0.3, -0.25) is 4.79 Å². The van der Waals surface area contributed by atoms with Crippen molar-refractivity contribution in [1.82, 2.24) is 4.98 Å². The maximum Gasteiger partial charge on any atom is 0.357 e. The van der Waals surface area contributed by atoms with E-state index in [0.717, 1.165) is 10.9 Å². The minimum Gasteiger partial charge on any atom is -0.461 e. The van der Waals surface area contributed by atoms with Gasteiger partial charge in [0.2, 0.25) is 0 Å². The maximum atomic E-state index is 13.6. The Balaban J connectivity index is 2.11. The van der Waals surface area contributed by atoms with Crippen LogP contribution < -0.4 is 0 Å². The van der Waals surface area contributed by atoms with Gasteiger partial charge in [-0.25, -0.2) is 9.78 Å². The summed E-state index contributed by atoms with van der Waals surface area (Å²) in [6.07, 6.45) is 0. The molecule has 0 aliphatic rings. The van der Waals surface area contributed by atoms with E-state index in [-0.39, 0.29) is 23.6 Å². The lowest BCUT2D eigenvalue weighted by Gasteiger charge is -2.16. The SMILES string of the molecule is CCOC(=O)c1nc2ccccc2c(-c2ccccc2)c1C(=O)c1ccccc1. The zero-order valence-corrected chi connectivity index (χ0v) is 16.0. The number of pyridine rings is 1. The molecule has 4 aromatic rings. The molecule has 0 radical (unpaired) electrons. The second kappa shape index (κ2) is 8.07. The van der Waals surface area contributed by atoms with Crippen LogP contribution in [0, 0.1) is 0 Å². The number of benzene rings is 3. The lowest BCUT2D eigenvalue weighted by atomic mass is 9.89. The van der Waals surface area contributed by atoms with Gasteiger partial charge in [-0.05, 0) is 18.6 Å². The number of ether oxygens (including phenoxy) is 1. The molecule has 1 heterocycles. The van der Waals surface area contributed by atoms with E-state index in [9.17, 15) is 9.59 Å². The van der Waals surface area contributed by atoms with Crippen LogP contribution in [0.1, 0.15) is 33.3 Å². The normalized spacial score (nSPS) is 10.7. The van der Waals surface area contributed by atoms with Gasteiger partial charge < -0.3 is 4.74 Å². The Labute approximate surface area is 168 Å². The predicted molar refractivity (Wildman–Crippen MR) is 113 cm³/mol. The van der Waals surface area contributed by atoms with Crippen molar-refractivity contribution in [2.24, 2.45) is 0 Å². The largest absolute Gasteiger partial charge is 0.461 e. The Kier molecular flexibility index (Phi) is 5.16. The van der Waals surface area contributed by atoms with E-state index < -0.39 is 5.97 Å². The highest BCUT2D eigenvalue weighted by molar-refractivity contribution is 6.21. The van der Waals surface area contributed by atoms with E-state index in [2.05, 4.69) is 4.98 Å². The van der Waals surface area contributed by atoms with Crippen molar-refractivity contribution >= 4 is 22.7 Å². The lowest BCUT2D eigenvalue weighted by molar-refractivity contribution is 0.0517. The molecule has 4 rings (SSSR count). The van der Waals surface area contributed by atoms with Crippen LogP contribution in [0.15, 0.2) is 84.9 Å². The molecule has 0 spiro atoms. The quantitative estimate of drug-likeness (QED) is 0.347. The molecule has 3 aromatic carbocycles. The third-order valence-electron chi connectivity index (χ3n) is 4.69. The molecule has 0 unspecified atom stereocenters. The summed E-state index contributed by atoms with van der Waals surface area (Å²) in [6.45, 7) is 1.93. The van der Waals surface area contributed by atoms with Crippen LogP contribution in [0.4, 0.5) is 0 Å². The molecule has 4 nitrogen and oxygen atoms in total. The highest BCUT2D eigenvalue weighted by atomic mass is 16.5. The van der Waals surface area contributed by atoms with Crippen molar-refractivity contribution in [3.8, 4) is 11.1 Å². The van der Waals surface area contributed by atoms with Crippen molar-refractivity contribution < 1.29 is 14.3 Å². The van der Waals surface area contributed by atoms with Crippen molar-refractivity contribution in [1.29, 1.82) is 0 Å². The molecule has 29 heavy (non-hydrogen) atoms. The van der Waals surface area contributed by atoms with Gasteiger partial charge in [-0.2, -0.15) is 0 Å². The Bertz CT molecular complexity index is 1180. The summed E-state index contributed by atoms with van der Waals surface area (Å²) in [7, 11) is 0. The van der Waals surface area contributed by atoms with Gasteiger partial charge in [0.05, 0.1) is 17.7 Å². The van der Waals surface area contributed by atoms with E-state index in [1.54, 1.807) is 31.2 Å². The molecule has 4 heteroatoms. The molecule has 0 fully saturated rings. The summed E-state index contributed by atoms with van der Waals surface area (Å²) in [6, 6.07) is 26.0. The van der Waals surface area contributed by atoms with Gasteiger partial charge in [-0.1, -0.05) is 78.9 Å². The minimum atomic E-state index is -0.602. The van der Waals surface area contributed by atoms with Crippen LogP contribution in [0.2, 0.25) is 0 Å². The van der Waals surface area contributed by atoms with Crippen LogP contribution in [0.25, 0.3) is 22.0 Å². The number of fused-ring (bicyclic) bond motifs is 1. The second-order valence-corrected chi connectivity index (χ2v) is 6.51. The van der Waals surface area contributed by atoms with Gasteiger partial charge in [0.25, 0.3) is 0 Å². The van der Waals surface area contributed by atoms with Gasteiger partial charge >= 0.3 is 5.97 Å². The number of nitrogens with zero attached hydrogens (tertiary/aromatic N) is 1. The standard InChI is InChI=1S/C25H19NO3/c1-2-29-25(28)23-22(24(27)18-13-7-4-8-14-18)21(17-11-5-3-6-12-17)19-15-9-10-16-20(19)26-23/h3-16H,2H2,1H3. The average molecular weight is 381 g/mol. The molecule has 0 bridgehead atoms. The predicted octanol–water partition coefficient (Wildman–Crippen LogP) is 5.31. The van der Waals surface area contributed by atoms with Crippen LogP contribution >= 0.6 is 0 Å². The number of hydrogen-bond donors (Lipinski definition) is 0. The summed E-state index contributed by atoms with van der Waals surface area (Å²) in [5, 5.41) is 0.811. The number of hydrogen-bond acceptors (Lipinski definition) is 4. The summed E-state index contributed by atoms with van der Waals surface area (Å²) in [5.41, 5.74) is 2.97. The first-order valence-corrected chi connectivity index (χ1v) is 9.45. The second-order valence-electron chi connectivity index (χ2n) is 6.51. The molecule has 0 amide bonds. The summed E-state index contributed by atoms with van der Waals surface area (Å²) in [5.74, 6) is -0.861. The molecule has 0 saturated heterocycles. The fourth-order valence-corrected chi connectivity index (χ4v) is 3.42. The molecule has 0 aliphatic carbocycles. The lowest BCUT2D eigenvalue weighted by Crippen LogP contribution is -2.17. The highest BCUT2D eigenvalue weighted by Gasteiger charge is 2.27. The summed E-state index contributed by atoms with van der Waals surface area (Å²) < 4.78 is 5.24. The number of esters is 1. The first-order valence-electron chi connectivity index (χ1n) is 9.45. The Morgan fingerprint density at radius 2 is 1.45 bits per heavy atom. The van der Waals surface area contributed by atoms with Crippen molar-refractivity contribution in [2.75, 3.05) is 6.61 Å². The first kappa shape index (κ1) is 18.6. The van der Waals surface area contributed by atoms with Crippen LogP contribution in [0.5, 0.6) is 0 Å². The topological polar surface area (TPSA) is 56.3 Å². The number of ketones is 1. The zero-order valence-electron chi connectivity index (χ0n) is 16.0. The fourth-order valence-electron chi connectivity index (χ4n) is 3.42. The monoisotopic (exact) mass is 381 g/mol. The summed E-state index contributed by atoms with van der Waals surface area (Å²) in [4.78, 5) is 30.9. The van der Waals surface area contributed by atoms with Crippen LogP contribution in [-0.4, -0.2) is 23.3 Å². The van der Waals surface area contributed by atoms with Crippen molar-refractivity contribution in [3.63, 3.8) is 0 Å². The Morgan fingerprint density at radius 3 is 2.14 bits per heavy atom. The molecular weight excluding hydrogens is 362 g/mol. The average Bonchev–Trinajstić information content (AvgIpc) is 2.78. The number of aromatic nitrogens is 1. The van der Waals surface area contributed by atoms with Gasteiger partial charge in [0.1, 0.15) is 0 Å². The minimum absolute atomic E-state index is 0.0401. The third kappa shape index (κ3) is 3.52. The molecule has 0 atom stereocenters. The van der Waals surface area contributed by atoms with E-state index >= 15 is 0 Å². The molecule has 0 aliphatic heterocycles. The van der Waals surface area contributed by atoms with E-state index in [4.69, 9.17) is 4.74 Å². The van der Waals surface area contributed by atoms with Gasteiger partial charge in [0, 0.05) is 16.5 Å². The Hall–Kier alpha value is -3.79. The number of rotatable bonds is 5. The number of para-hydroxylation sites is 1. The van der Waals surface area contributed by atoms with E-state index in [1.807, 2.05) is 60.7 Å².